The molecule has 0 bridgehead atoms. The third-order valence-corrected chi connectivity index (χ3v) is 3.54. The number of benzene rings is 1. The molecule has 3 nitrogen and oxygen atoms in total. The minimum absolute atomic E-state index is 0.0529. The summed E-state index contributed by atoms with van der Waals surface area (Å²) in [5, 5.41) is 0. The molecule has 0 heterocycles. The van der Waals surface area contributed by atoms with Crippen molar-refractivity contribution in [1.82, 2.24) is 0 Å². The van der Waals surface area contributed by atoms with E-state index in [0.29, 0.717) is 0 Å². The summed E-state index contributed by atoms with van der Waals surface area (Å²) in [5.74, 6) is -0.369. The van der Waals surface area contributed by atoms with Crippen molar-refractivity contribution in [2.45, 2.75) is 13.1 Å². The molecule has 1 unspecified atom stereocenters. The van der Waals surface area contributed by atoms with Crippen LogP contribution in [0.1, 0.15) is 12.5 Å². The Hall–Kier alpha value is -0.950. The molecule has 0 spiro atoms. The average Bonchev–Trinajstić information content (AvgIpc) is 2.23. The summed E-state index contributed by atoms with van der Waals surface area (Å²) in [6, 6.07) is 4.17. The Bertz CT molecular complexity index is 511. The molecule has 1 aromatic carbocycles. The zero-order chi connectivity index (χ0) is 14.7. The zero-order valence-corrected chi connectivity index (χ0v) is 11.5. The van der Waals surface area contributed by atoms with Gasteiger partial charge in [0.2, 0.25) is 9.05 Å². The van der Waals surface area contributed by atoms with Crippen molar-refractivity contribution in [1.29, 1.82) is 0 Å². The van der Waals surface area contributed by atoms with E-state index >= 15 is 0 Å². The number of halogens is 4. The van der Waals surface area contributed by atoms with Crippen molar-refractivity contribution in [3.05, 3.63) is 29.8 Å². The topological polar surface area (TPSA) is 43.4 Å². The first kappa shape index (κ1) is 16.1. The number of ether oxygens (including phenoxy) is 1. The quantitative estimate of drug-likeness (QED) is 0.783. The Labute approximate surface area is 113 Å². The summed E-state index contributed by atoms with van der Waals surface area (Å²) in [6.07, 6.45) is -4.39. The standard InChI is InChI=1S/C11H12ClF3O3S/c1-8(7-19(12,16)17)6-18-10-4-2-9(3-5-10)11(13,14)15/h2-5,8H,6-7H2,1H3. The summed E-state index contributed by atoms with van der Waals surface area (Å²) in [5.41, 5.74) is -0.767. The lowest BCUT2D eigenvalue weighted by Gasteiger charge is -2.12. The number of hydrogen-bond donors (Lipinski definition) is 0. The predicted octanol–water partition coefficient (Wildman–Crippen LogP) is 3.29. The summed E-state index contributed by atoms with van der Waals surface area (Å²) >= 11 is 0. The molecule has 1 rings (SSSR count). The van der Waals surface area contributed by atoms with Crippen LogP contribution < -0.4 is 4.74 Å². The summed E-state index contributed by atoms with van der Waals surface area (Å²) in [7, 11) is 1.46. The SMILES string of the molecule is CC(COc1ccc(C(F)(F)F)cc1)CS(=O)(=O)Cl. The van der Waals surface area contributed by atoms with Crippen LogP contribution in [0.5, 0.6) is 5.75 Å². The maximum atomic E-state index is 12.3. The van der Waals surface area contributed by atoms with Crippen LogP contribution in [0.4, 0.5) is 13.2 Å². The van der Waals surface area contributed by atoms with Crippen LogP contribution in [0.15, 0.2) is 24.3 Å². The van der Waals surface area contributed by atoms with Gasteiger partial charge in [-0.1, -0.05) is 6.92 Å². The molecule has 0 aliphatic carbocycles. The monoisotopic (exact) mass is 316 g/mol. The third kappa shape index (κ3) is 6.15. The first-order chi connectivity index (χ1) is 8.58. The number of rotatable bonds is 5. The van der Waals surface area contributed by atoms with Gasteiger partial charge in [-0.05, 0) is 24.3 Å². The van der Waals surface area contributed by atoms with Crippen molar-refractivity contribution >= 4 is 19.7 Å². The summed E-state index contributed by atoms with van der Waals surface area (Å²) in [6.45, 7) is 1.67. The molecule has 1 aromatic rings. The zero-order valence-electron chi connectivity index (χ0n) is 9.95. The Morgan fingerprint density at radius 2 is 1.79 bits per heavy atom. The van der Waals surface area contributed by atoms with E-state index in [-0.39, 0.29) is 24.0 Å². The van der Waals surface area contributed by atoms with Gasteiger partial charge in [0.25, 0.3) is 0 Å². The maximum absolute atomic E-state index is 12.3. The molecule has 0 aromatic heterocycles. The average molecular weight is 317 g/mol. The van der Waals surface area contributed by atoms with Gasteiger partial charge in [-0.2, -0.15) is 13.2 Å². The van der Waals surface area contributed by atoms with E-state index in [1.54, 1.807) is 6.92 Å². The molecular weight excluding hydrogens is 305 g/mol. The Kier molecular flexibility index (Phi) is 5.09. The van der Waals surface area contributed by atoms with E-state index < -0.39 is 20.8 Å². The smallest absolute Gasteiger partial charge is 0.416 e. The molecule has 0 N–H and O–H groups in total. The van der Waals surface area contributed by atoms with Crippen LogP contribution in [0, 0.1) is 5.92 Å². The Balaban J connectivity index is 2.55. The molecule has 0 amide bonds. The highest BCUT2D eigenvalue weighted by Crippen LogP contribution is 2.30. The number of hydrogen-bond acceptors (Lipinski definition) is 3. The van der Waals surface area contributed by atoms with Crippen molar-refractivity contribution in [2.24, 2.45) is 5.92 Å². The van der Waals surface area contributed by atoms with E-state index in [2.05, 4.69) is 0 Å². The van der Waals surface area contributed by atoms with Gasteiger partial charge >= 0.3 is 6.18 Å². The molecule has 0 aliphatic rings. The van der Waals surface area contributed by atoms with Crippen LogP contribution in [-0.2, 0) is 15.2 Å². The van der Waals surface area contributed by atoms with Crippen LogP contribution in [0.3, 0.4) is 0 Å². The second-order valence-corrected chi connectivity index (χ2v) is 6.97. The van der Waals surface area contributed by atoms with E-state index in [1.807, 2.05) is 0 Å². The van der Waals surface area contributed by atoms with Gasteiger partial charge in [-0.3, -0.25) is 0 Å². The summed E-state index contributed by atoms with van der Waals surface area (Å²) < 4.78 is 63.7. The largest absolute Gasteiger partial charge is 0.493 e. The maximum Gasteiger partial charge on any atom is 0.416 e. The minimum atomic E-state index is -4.39. The van der Waals surface area contributed by atoms with Gasteiger partial charge in [-0.15, -0.1) is 0 Å². The first-order valence-corrected chi connectivity index (χ1v) is 7.78. The molecule has 0 aliphatic heterocycles. The van der Waals surface area contributed by atoms with Gasteiger partial charge < -0.3 is 4.74 Å². The van der Waals surface area contributed by atoms with Crippen LogP contribution >= 0.6 is 10.7 Å². The van der Waals surface area contributed by atoms with Crippen LogP contribution in [0.25, 0.3) is 0 Å². The highest BCUT2D eigenvalue weighted by atomic mass is 35.7. The third-order valence-electron chi connectivity index (χ3n) is 2.20. The van der Waals surface area contributed by atoms with Gasteiger partial charge in [0.1, 0.15) is 5.75 Å². The van der Waals surface area contributed by atoms with Gasteiger partial charge in [-0.25, -0.2) is 8.42 Å². The van der Waals surface area contributed by atoms with E-state index in [1.165, 1.54) is 12.1 Å². The minimum Gasteiger partial charge on any atom is -0.493 e. The second kappa shape index (κ2) is 6.00. The molecular formula is C11H12ClF3O3S. The lowest BCUT2D eigenvalue weighted by molar-refractivity contribution is -0.137. The predicted molar refractivity (Wildman–Crippen MR) is 65.7 cm³/mol. The van der Waals surface area contributed by atoms with Gasteiger partial charge in [0.15, 0.2) is 0 Å². The molecule has 0 fully saturated rings. The lowest BCUT2D eigenvalue weighted by Crippen LogP contribution is -2.16. The molecule has 8 heteroatoms. The van der Waals surface area contributed by atoms with Crippen LogP contribution in [0.2, 0.25) is 0 Å². The number of alkyl halides is 3. The van der Waals surface area contributed by atoms with E-state index in [9.17, 15) is 21.6 Å². The highest BCUT2D eigenvalue weighted by molar-refractivity contribution is 8.13. The fourth-order valence-corrected chi connectivity index (χ4v) is 2.79. The molecule has 108 valence electrons. The second-order valence-electron chi connectivity index (χ2n) is 4.14. The lowest BCUT2D eigenvalue weighted by atomic mass is 10.2. The molecule has 19 heavy (non-hydrogen) atoms. The van der Waals surface area contributed by atoms with Crippen molar-refractivity contribution in [2.75, 3.05) is 12.4 Å². The molecule has 0 radical (unpaired) electrons. The first-order valence-electron chi connectivity index (χ1n) is 5.30. The Morgan fingerprint density at radius 3 is 2.21 bits per heavy atom. The van der Waals surface area contributed by atoms with Gasteiger partial charge in [0.05, 0.1) is 17.9 Å². The molecule has 0 saturated carbocycles. The van der Waals surface area contributed by atoms with Gasteiger partial charge in [0, 0.05) is 16.6 Å². The fourth-order valence-electron chi connectivity index (χ4n) is 1.37. The van der Waals surface area contributed by atoms with E-state index in [4.69, 9.17) is 15.4 Å². The summed E-state index contributed by atoms with van der Waals surface area (Å²) in [4.78, 5) is 0. The molecule has 1 atom stereocenters. The highest BCUT2D eigenvalue weighted by Gasteiger charge is 2.30. The van der Waals surface area contributed by atoms with Crippen molar-refractivity contribution in [3.8, 4) is 5.75 Å². The fraction of sp³-hybridized carbons (Fsp3) is 0.455. The van der Waals surface area contributed by atoms with Crippen LogP contribution in [-0.4, -0.2) is 20.8 Å². The Morgan fingerprint density at radius 1 is 1.26 bits per heavy atom. The van der Waals surface area contributed by atoms with E-state index in [0.717, 1.165) is 12.1 Å². The van der Waals surface area contributed by atoms with Crippen molar-refractivity contribution in [3.63, 3.8) is 0 Å². The normalized spacial score (nSPS) is 14.2. The molecule has 0 saturated heterocycles. The van der Waals surface area contributed by atoms with Crippen molar-refractivity contribution < 1.29 is 26.3 Å².